The van der Waals surface area contributed by atoms with Crippen LogP contribution < -0.4 is 0 Å². The van der Waals surface area contributed by atoms with Crippen LogP contribution in [0, 0.1) is 35.3 Å². The van der Waals surface area contributed by atoms with Gasteiger partial charge in [-0.05, 0) is 62.1 Å². The van der Waals surface area contributed by atoms with E-state index >= 15 is 0 Å². The molecule has 0 heterocycles. The van der Waals surface area contributed by atoms with Crippen molar-refractivity contribution >= 4 is 11.6 Å². The van der Waals surface area contributed by atoms with Gasteiger partial charge in [-0.15, -0.1) is 0 Å². The van der Waals surface area contributed by atoms with Crippen LogP contribution in [-0.4, -0.2) is 0 Å². The third-order valence-electron chi connectivity index (χ3n) is 4.69. The summed E-state index contributed by atoms with van der Waals surface area (Å²) in [4.78, 5) is 0. The molecular formula is C21H25ClF2. The molecule has 130 valence electrons. The highest BCUT2D eigenvalue weighted by molar-refractivity contribution is 6.25. The Bertz CT molecular complexity index is 593. The standard InChI is InChI=1S/C21H25ClF2/c1-2-3-4-5-18-14-20(23)19(21(24)15-18)11-10-16-6-8-17(9-7-16)12-13-22/h12-17H,2-9H2,1H3. The Kier molecular flexibility index (Phi) is 7.79. The summed E-state index contributed by atoms with van der Waals surface area (Å²) in [7, 11) is 0. The molecular weight excluding hydrogens is 326 g/mol. The first-order chi connectivity index (χ1) is 11.6. The summed E-state index contributed by atoms with van der Waals surface area (Å²) in [6, 6.07) is 2.87. The first-order valence-corrected chi connectivity index (χ1v) is 9.34. The van der Waals surface area contributed by atoms with Crippen LogP contribution in [-0.2, 0) is 6.42 Å². The molecule has 3 heteroatoms. The van der Waals surface area contributed by atoms with Gasteiger partial charge in [0.05, 0.1) is 5.56 Å². The Morgan fingerprint density at radius 2 is 1.79 bits per heavy atom. The van der Waals surface area contributed by atoms with E-state index in [-0.39, 0.29) is 11.5 Å². The molecule has 0 saturated heterocycles. The van der Waals surface area contributed by atoms with Gasteiger partial charge in [-0.3, -0.25) is 0 Å². The minimum Gasteiger partial charge on any atom is -0.206 e. The van der Waals surface area contributed by atoms with E-state index in [0.717, 1.165) is 50.5 Å². The van der Waals surface area contributed by atoms with E-state index in [1.165, 1.54) is 12.1 Å². The van der Waals surface area contributed by atoms with Crippen LogP contribution in [0.3, 0.4) is 0 Å². The second-order valence-corrected chi connectivity index (χ2v) is 6.84. The maximum atomic E-state index is 14.2. The predicted molar refractivity (Wildman–Crippen MR) is 96.9 cm³/mol. The van der Waals surface area contributed by atoms with Crippen molar-refractivity contribution in [3.63, 3.8) is 0 Å². The Morgan fingerprint density at radius 3 is 2.38 bits per heavy atom. The van der Waals surface area contributed by atoms with Gasteiger partial charge in [0.1, 0.15) is 11.6 Å². The zero-order valence-electron chi connectivity index (χ0n) is 14.3. The second-order valence-electron chi connectivity index (χ2n) is 6.59. The lowest BCUT2D eigenvalue weighted by atomic mass is 9.82. The molecule has 1 aliphatic rings. The molecule has 0 nitrogen and oxygen atoms in total. The molecule has 1 aromatic rings. The topological polar surface area (TPSA) is 0 Å². The number of allylic oxidation sites excluding steroid dienone is 1. The minimum atomic E-state index is -0.534. The summed E-state index contributed by atoms with van der Waals surface area (Å²) in [6.07, 6.45) is 9.84. The van der Waals surface area contributed by atoms with Crippen molar-refractivity contribution in [3.05, 3.63) is 46.5 Å². The second kappa shape index (κ2) is 9.84. The van der Waals surface area contributed by atoms with E-state index in [2.05, 4.69) is 18.8 Å². The summed E-state index contributed by atoms with van der Waals surface area (Å²) in [5.41, 5.74) is 2.21. The Hall–Kier alpha value is -1.33. The fourth-order valence-electron chi connectivity index (χ4n) is 3.20. The van der Waals surface area contributed by atoms with Crippen molar-refractivity contribution in [1.82, 2.24) is 0 Å². The van der Waals surface area contributed by atoms with E-state index in [1.54, 1.807) is 5.54 Å². The highest BCUT2D eigenvalue weighted by Gasteiger charge is 2.18. The van der Waals surface area contributed by atoms with Crippen LogP contribution in [0.1, 0.15) is 63.0 Å². The van der Waals surface area contributed by atoms with E-state index in [9.17, 15) is 8.78 Å². The summed E-state index contributed by atoms with van der Waals surface area (Å²) >= 11 is 5.61. The zero-order chi connectivity index (χ0) is 17.4. The van der Waals surface area contributed by atoms with Crippen LogP contribution >= 0.6 is 11.6 Å². The lowest BCUT2D eigenvalue weighted by molar-refractivity contribution is 0.365. The zero-order valence-corrected chi connectivity index (χ0v) is 15.0. The Morgan fingerprint density at radius 1 is 1.12 bits per heavy atom. The highest BCUT2D eigenvalue weighted by atomic mass is 35.5. The number of halogens is 3. The van der Waals surface area contributed by atoms with E-state index in [0.29, 0.717) is 12.3 Å². The van der Waals surface area contributed by atoms with Gasteiger partial charge in [-0.25, -0.2) is 8.78 Å². The Balaban J connectivity index is 2.00. The molecule has 1 aromatic carbocycles. The molecule has 0 unspecified atom stereocenters. The van der Waals surface area contributed by atoms with Crippen molar-refractivity contribution in [2.24, 2.45) is 11.8 Å². The van der Waals surface area contributed by atoms with Gasteiger partial charge in [-0.2, -0.15) is 0 Å². The first-order valence-electron chi connectivity index (χ1n) is 8.90. The molecule has 1 saturated carbocycles. The number of benzene rings is 1. The summed E-state index contributed by atoms with van der Waals surface area (Å²) in [5.74, 6) is 5.47. The summed E-state index contributed by atoms with van der Waals surface area (Å²) in [5, 5.41) is 0. The molecule has 0 bridgehead atoms. The van der Waals surface area contributed by atoms with E-state index < -0.39 is 11.6 Å². The molecule has 0 N–H and O–H groups in total. The van der Waals surface area contributed by atoms with Gasteiger partial charge in [-0.1, -0.05) is 49.3 Å². The molecule has 2 rings (SSSR count). The molecule has 0 radical (unpaired) electrons. The fraction of sp³-hybridized carbons (Fsp3) is 0.524. The Labute approximate surface area is 149 Å². The van der Waals surface area contributed by atoms with Crippen molar-refractivity contribution in [2.75, 3.05) is 0 Å². The van der Waals surface area contributed by atoms with Gasteiger partial charge >= 0.3 is 0 Å². The van der Waals surface area contributed by atoms with Crippen LogP contribution in [0.25, 0.3) is 0 Å². The van der Waals surface area contributed by atoms with Crippen LogP contribution in [0.5, 0.6) is 0 Å². The van der Waals surface area contributed by atoms with Crippen molar-refractivity contribution in [3.8, 4) is 11.8 Å². The normalized spacial score (nSPS) is 20.8. The van der Waals surface area contributed by atoms with Crippen LogP contribution in [0.15, 0.2) is 23.7 Å². The summed E-state index contributed by atoms with van der Waals surface area (Å²) < 4.78 is 28.3. The fourth-order valence-corrected chi connectivity index (χ4v) is 3.41. The van der Waals surface area contributed by atoms with Crippen molar-refractivity contribution in [2.45, 2.75) is 58.3 Å². The van der Waals surface area contributed by atoms with Gasteiger partial charge in [0, 0.05) is 11.5 Å². The number of rotatable bonds is 5. The number of aryl methyl sites for hydroxylation is 1. The van der Waals surface area contributed by atoms with Gasteiger partial charge in [0.25, 0.3) is 0 Å². The van der Waals surface area contributed by atoms with Crippen LogP contribution in [0.4, 0.5) is 8.78 Å². The minimum absolute atomic E-state index is 0.0861. The summed E-state index contributed by atoms with van der Waals surface area (Å²) in [6.45, 7) is 2.11. The SMILES string of the molecule is CCCCCc1cc(F)c(C#CC2CCC(C=CCl)CC2)c(F)c1. The van der Waals surface area contributed by atoms with Crippen molar-refractivity contribution < 1.29 is 8.78 Å². The highest BCUT2D eigenvalue weighted by Crippen LogP contribution is 2.29. The molecule has 1 fully saturated rings. The largest absolute Gasteiger partial charge is 0.206 e. The average molecular weight is 351 g/mol. The van der Waals surface area contributed by atoms with Gasteiger partial charge in [0.2, 0.25) is 0 Å². The number of hydrogen-bond acceptors (Lipinski definition) is 0. The maximum absolute atomic E-state index is 14.2. The first kappa shape index (κ1) is 19.0. The number of unbranched alkanes of at least 4 members (excludes halogenated alkanes) is 2. The number of hydrogen-bond donors (Lipinski definition) is 0. The molecule has 0 aliphatic heterocycles. The van der Waals surface area contributed by atoms with Gasteiger partial charge < -0.3 is 0 Å². The predicted octanol–water partition coefficient (Wildman–Crippen LogP) is 6.61. The molecule has 24 heavy (non-hydrogen) atoms. The quantitative estimate of drug-likeness (QED) is 0.414. The maximum Gasteiger partial charge on any atom is 0.142 e. The van der Waals surface area contributed by atoms with E-state index in [4.69, 9.17) is 11.6 Å². The third-order valence-corrected chi connectivity index (χ3v) is 4.83. The average Bonchev–Trinajstić information content (AvgIpc) is 2.56. The molecule has 1 aliphatic carbocycles. The third kappa shape index (κ3) is 5.64. The monoisotopic (exact) mass is 350 g/mol. The van der Waals surface area contributed by atoms with Crippen LogP contribution in [0.2, 0.25) is 0 Å². The van der Waals surface area contributed by atoms with Crippen molar-refractivity contribution in [1.29, 1.82) is 0 Å². The lowest BCUT2D eigenvalue weighted by Crippen LogP contribution is -2.11. The van der Waals surface area contributed by atoms with E-state index in [1.807, 2.05) is 6.08 Å². The molecule has 0 aromatic heterocycles. The smallest absolute Gasteiger partial charge is 0.142 e. The molecule has 0 spiro atoms. The van der Waals surface area contributed by atoms with Gasteiger partial charge in [0.15, 0.2) is 0 Å². The molecule has 0 atom stereocenters. The molecule has 0 amide bonds. The lowest BCUT2D eigenvalue weighted by Gasteiger charge is -2.22.